The number of rotatable bonds is 67. The average Bonchev–Trinajstić information content (AvgIpc) is 3.44. The molecule has 0 rings (SSSR count). The molecule has 1 unspecified atom stereocenters. The van der Waals surface area contributed by atoms with Crippen molar-refractivity contribution in [3.63, 3.8) is 0 Å². The van der Waals surface area contributed by atoms with Gasteiger partial charge >= 0.3 is 11.9 Å². The number of allylic oxidation sites excluding steroid dienone is 6. The number of hydrogen-bond donors (Lipinski definition) is 1. The Labute approximate surface area is 488 Å². The first-order valence-corrected chi connectivity index (χ1v) is 35.5. The van der Waals surface area contributed by atoms with Crippen molar-refractivity contribution >= 4 is 11.9 Å². The van der Waals surface area contributed by atoms with Gasteiger partial charge in [-0.1, -0.05) is 352 Å². The zero-order valence-corrected chi connectivity index (χ0v) is 53.0. The molecule has 0 fully saturated rings. The molecule has 0 aliphatic heterocycles. The van der Waals surface area contributed by atoms with Gasteiger partial charge in [-0.25, -0.2) is 0 Å². The number of unbranched alkanes of at least 4 members (excludes halogenated alkanes) is 53. The fraction of sp³-hybridized carbons (Fsp3) is 0.890. The number of aliphatic hydroxyl groups excluding tert-OH is 1. The summed E-state index contributed by atoms with van der Waals surface area (Å²) in [6.07, 6.45) is 91.9. The Kier molecular flexibility index (Phi) is 67.7. The number of carbonyl (C=O) groups excluding carboxylic acids is 2. The Morgan fingerprint density at radius 3 is 0.769 bits per heavy atom. The van der Waals surface area contributed by atoms with Gasteiger partial charge < -0.3 is 14.6 Å². The minimum Gasteiger partial charge on any atom is -0.462 e. The second kappa shape index (κ2) is 69.4. The van der Waals surface area contributed by atoms with Crippen molar-refractivity contribution in [1.29, 1.82) is 0 Å². The second-order valence-corrected chi connectivity index (χ2v) is 24.3. The van der Waals surface area contributed by atoms with Gasteiger partial charge in [-0.2, -0.15) is 0 Å². The average molecular weight is 1100 g/mol. The predicted molar refractivity (Wildman–Crippen MR) is 344 cm³/mol. The summed E-state index contributed by atoms with van der Waals surface area (Å²) in [7, 11) is 0. The van der Waals surface area contributed by atoms with Crippen molar-refractivity contribution in [2.75, 3.05) is 13.2 Å². The molecule has 0 aromatic carbocycles. The highest BCUT2D eigenvalue weighted by Crippen LogP contribution is 2.19. The van der Waals surface area contributed by atoms with Crippen LogP contribution in [0, 0.1) is 0 Å². The smallest absolute Gasteiger partial charge is 0.306 e. The van der Waals surface area contributed by atoms with Gasteiger partial charge in [0, 0.05) is 12.8 Å². The van der Waals surface area contributed by atoms with Crippen LogP contribution in [0.1, 0.15) is 399 Å². The molecule has 0 aromatic rings. The van der Waals surface area contributed by atoms with Gasteiger partial charge in [0.05, 0.1) is 6.61 Å². The quantitative estimate of drug-likeness (QED) is 0.0373. The summed E-state index contributed by atoms with van der Waals surface area (Å²) in [5.74, 6) is -0.565. The lowest BCUT2D eigenvalue weighted by molar-refractivity contribution is -0.161. The molecule has 0 aromatic heterocycles. The largest absolute Gasteiger partial charge is 0.462 e. The molecule has 0 saturated heterocycles. The summed E-state index contributed by atoms with van der Waals surface area (Å²) in [5.41, 5.74) is 0. The first kappa shape index (κ1) is 76.1. The van der Waals surface area contributed by atoms with E-state index in [0.29, 0.717) is 12.8 Å². The molecule has 0 amide bonds. The predicted octanol–water partition coefficient (Wildman–Crippen LogP) is 24.5. The molecule has 460 valence electrons. The number of aliphatic hydroxyl groups is 1. The van der Waals surface area contributed by atoms with E-state index in [1.807, 2.05) is 0 Å². The van der Waals surface area contributed by atoms with Gasteiger partial charge in [0.15, 0.2) is 6.10 Å². The maximum absolute atomic E-state index is 12.4. The third kappa shape index (κ3) is 66.6. The summed E-state index contributed by atoms with van der Waals surface area (Å²) >= 11 is 0. The zero-order chi connectivity index (χ0) is 56.2. The number of hydrogen-bond acceptors (Lipinski definition) is 5. The number of carbonyl (C=O) groups is 2. The van der Waals surface area contributed by atoms with Gasteiger partial charge in [0.1, 0.15) is 6.61 Å². The molecule has 0 bridgehead atoms. The van der Waals surface area contributed by atoms with Crippen LogP contribution in [-0.4, -0.2) is 36.4 Å². The molecular weight excluding hydrogens is 957 g/mol. The molecule has 0 aliphatic rings. The Morgan fingerprint density at radius 1 is 0.295 bits per heavy atom. The van der Waals surface area contributed by atoms with E-state index < -0.39 is 6.10 Å². The maximum atomic E-state index is 12.4. The molecule has 78 heavy (non-hydrogen) atoms. The van der Waals surface area contributed by atoms with Crippen molar-refractivity contribution in [2.24, 2.45) is 0 Å². The van der Waals surface area contributed by atoms with Crippen LogP contribution in [-0.2, 0) is 19.1 Å². The van der Waals surface area contributed by atoms with Crippen LogP contribution in [0.2, 0.25) is 0 Å². The summed E-state index contributed by atoms with van der Waals surface area (Å²) in [6.45, 7) is 4.19. The van der Waals surface area contributed by atoms with Crippen LogP contribution >= 0.6 is 0 Å². The highest BCUT2D eigenvalue weighted by atomic mass is 16.6. The highest BCUT2D eigenvalue weighted by molar-refractivity contribution is 5.70. The molecule has 0 radical (unpaired) electrons. The molecule has 0 saturated carbocycles. The second-order valence-electron chi connectivity index (χ2n) is 24.3. The van der Waals surface area contributed by atoms with E-state index in [2.05, 4.69) is 50.3 Å². The van der Waals surface area contributed by atoms with Gasteiger partial charge in [0.25, 0.3) is 0 Å². The van der Waals surface area contributed by atoms with E-state index in [4.69, 9.17) is 9.47 Å². The van der Waals surface area contributed by atoms with Gasteiger partial charge in [0.2, 0.25) is 0 Å². The summed E-state index contributed by atoms with van der Waals surface area (Å²) in [6, 6.07) is 0. The molecule has 0 heterocycles. The first-order chi connectivity index (χ1) is 38.6. The Hall–Kier alpha value is -1.88. The van der Waals surface area contributed by atoms with Crippen LogP contribution in [0.15, 0.2) is 36.5 Å². The minimum atomic E-state index is -0.769. The van der Waals surface area contributed by atoms with Crippen molar-refractivity contribution in [3.8, 4) is 0 Å². The van der Waals surface area contributed by atoms with E-state index >= 15 is 0 Å². The highest BCUT2D eigenvalue weighted by Gasteiger charge is 2.16. The third-order valence-corrected chi connectivity index (χ3v) is 16.4. The Bertz CT molecular complexity index is 1240. The van der Waals surface area contributed by atoms with Gasteiger partial charge in [-0.3, -0.25) is 9.59 Å². The van der Waals surface area contributed by atoms with E-state index in [1.165, 1.54) is 327 Å². The summed E-state index contributed by atoms with van der Waals surface area (Å²) in [5, 5.41) is 9.70. The van der Waals surface area contributed by atoms with Gasteiger partial charge in [-0.15, -0.1) is 0 Å². The van der Waals surface area contributed by atoms with Crippen molar-refractivity contribution in [3.05, 3.63) is 36.5 Å². The van der Waals surface area contributed by atoms with Gasteiger partial charge in [-0.05, 0) is 70.6 Å². The molecule has 5 heteroatoms. The lowest BCUT2D eigenvalue weighted by Crippen LogP contribution is -2.28. The standard InChI is InChI=1S/C73H138O5/c1-3-5-7-9-11-13-15-17-19-21-23-25-27-29-31-32-33-34-35-36-37-38-39-40-42-44-46-48-50-52-54-56-58-60-62-64-66-68-73(76)78-71(69-74)70-77-72(75)67-65-63-61-59-57-55-53-51-49-47-45-43-41-30-28-26-24-22-20-18-16-14-12-10-8-6-4-2/h15,17,21-24,71,74H,3-14,16,18-20,25-70H2,1-2H3/b17-15-,23-21-,24-22-. The summed E-state index contributed by atoms with van der Waals surface area (Å²) < 4.78 is 10.8. The molecular formula is C73H138O5. The van der Waals surface area contributed by atoms with E-state index in [1.54, 1.807) is 0 Å². The minimum absolute atomic E-state index is 0.0592. The monoisotopic (exact) mass is 1100 g/mol. The fourth-order valence-corrected chi connectivity index (χ4v) is 11.1. The van der Waals surface area contributed by atoms with Crippen LogP contribution in [0.5, 0.6) is 0 Å². The molecule has 1 N–H and O–H groups in total. The maximum Gasteiger partial charge on any atom is 0.306 e. The summed E-state index contributed by atoms with van der Waals surface area (Å²) in [4.78, 5) is 24.6. The van der Waals surface area contributed by atoms with Crippen molar-refractivity contribution in [2.45, 2.75) is 405 Å². The molecule has 0 aliphatic carbocycles. The van der Waals surface area contributed by atoms with Crippen molar-refractivity contribution < 1.29 is 24.2 Å². The number of ether oxygens (including phenoxy) is 2. The lowest BCUT2D eigenvalue weighted by atomic mass is 10.0. The van der Waals surface area contributed by atoms with Crippen molar-refractivity contribution in [1.82, 2.24) is 0 Å². The van der Waals surface area contributed by atoms with Crippen LogP contribution < -0.4 is 0 Å². The molecule has 0 spiro atoms. The zero-order valence-electron chi connectivity index (χ0n) is 53.0. The normalized spacial score (nSPS) is 12.3. The SMILES string of the molecule is CCCCCCC/C=C\C/C=C\CCCCCCCCCCCCCCCCCCCCCCCCCCCC(=O)OC(CO)COC(=O)CCCCCCCCCCCCCCCCC/C=C\CCCCCCCCCC. The number of esters is 2. The molecule has 1 atom stereocenters. The van der Waals surface area contributed by atoms with E-state index in [0.717, 1.165) is 44.9 Å². The Balaban J connectivity index is 3.38. The van der Waals surface area contributed by atoms with Crippen LogP contribution in [0.25, 0.3) is 0 Å². The topological polar surface area (TPSA) is 72.8 Å². The molecule has 5 nitrogen and oxygen atoms in total. The Morgan fingerprint density at radius 2 is 0.513 bits per heavy atom. The van der Waals surface area contributed by atoms with E-state index in [9.17, 15) is 14.7 Å². The lowest BCUT2D eigenvalue weighted by Gasteiger charge is -2.15. The fourth-order valence-electron chi connectivity index (χ4n) is 11.1. The third-order valence-electron chi connectivity index (χ3n) is 16.4. The van der Waals surface area contributed by atoms with Crippen LogP contribution in [0.4, 0.5) is 0 Å². The van der Waals surface area contributed by atoms with E-state index in [-0.39, 0.29) is 25.2 Å². The first-order valence-electron chi connectivity index (χ1n) is 35.5. The van der Waals surface area contributed by atoms with Crippen LogP contribution in [0.3, 0.4) is 0 Å².